The van der Waals surface area contributed by atoms with Crippen LogP contribution in [0.15, 0.2) is 59.4 Å². The first-order valence-electron chi connectivity index (χ1n) is 13.4. The third-order valence-electron chi connectivity index (χ3n) is 8.19. The fraction of sp³-hybridized carbons (Fsp3) is 0.300. The van der Waals surface area contributed by atoms with Crippen molar-refractivity contribution >= 4 is 44.3 Å². The monoisotopic (exact) mass is 506 g/mol. The highest BCUT2D eigenvalue weighted by Crippen LogP contribution is 2.33. The van der Waals surface area contributed by atoms with Gasteiger partial charge < -0.3 is 25.5 Å². The standard InChI is InChI=1S/C30H30N6O2/c31-26-22-14-20(30(38)36-13-5-8-21(36)17-35-11-3-4-12-35)9-10-23(22)32-27(26)28-29(37)34-25-16-19-7-2-1-6-18(19)15-24(25)33-28/h1-2,6-7,9-10,14-16,21,32H,3-5,8,11-13,17,31H2,(H,34,37)/t21-/m1/s1. The Morgan fingerprint density at radius 1 is 0.947 bits per heavy atom. The van der Waals surface area contributed by atoms with Crippen LogP contribution in [0.5, 0.6) is 0 Å². The molecule has 0 aliphatic carbocycles. The van der Waals surface area contributed by atoms with E-state index in [-0.39, 0.29) is 23.2 Å². The number of likely N-dealkylation sites (tertiary alicyclic amines) is 2. The molecule has 2 aromatic heterocycles. The zero-order chi connectivity index (χ0) is 25.8. The second kappa shape index (κ2) is 8.99. The van der Waals surface area contributed by atoms with E-state index in [9.17, 15) is 9.59 Å². The average Bonchev–Trinajstić information content (AvgIpc) is 3.68. The summed E-state index contributed by atoms with van der Waals surface area (Å²) in [5.41, 5.74) is 10.1. The fourth-order valence-corrected chi connectivity index (χ4v) is 6.20. The Kier molecular flexibility index (Phi) is 5.44. The van der Waals surface area contributed by atoms with Crippen LogP contribution in [-0.4, -0.2) is 62.9 Å². The van der Waals surface area contributed by atoms with Gasteiger partial charge in [-0.2, -0.15) is 0 Å². The van der Waals surface area contributed by atoms with Crippen molar-refractivity contribution < 1.29 is 4.79 Å². The lowest BCUT2D eigenvalue weighted by Crippen LogP contribution is -2.42. The highest BCUT2D eigenvalue weighted by molar-refractivity contribution is 6.05. The number of nitrogens with two attached hydrogens (primary N) is 1. The summed E-state index contributed by atoms with van der Waals surface area (Å²) >= 11 is 0. The summed E-state index contributed by atoms with van der Waals surface area (Å²) in [5.74, 6) is 0.0457. The van der Waals surface area contributed by atoms with E-state index in [1.54, 1.807) is 0 Å². The normalized spacial score (nSPS) is 18.3. The predicted octanol–water partition coefficient (Wildman–Crippen LogP) is 4.51. The maximum Gasteiger partial charge on any atom is 0.276 e. The van der Waals surface area contributed by atoms with Gasteiger partial charge in [0.2, 0.25) is 0 Å². The molecule has 192 valence electrons. The molecule has 7 rings (SSSR count). The highest BCUT2D eigenvalue weighted by Gasteiger charge is 2.31. The Balaban J connectivity index is 1.24. The number of anilines is 1. The molecule has 38 heavy (non-hydrogen) atoms. The SMILES string of the molecule is Nc1c(-c2nc3cc4ccccc4cc3[nH]c2=O)[nH]c2ccc(C(=O)N3CCC[C@@H]3CN3CCCC3)cc12. The molecule has 1 amide bonds. The smallest absolute Gasteiger partial charge is 0.276 e. The Hall–Kier alpha value is -4.17. The molecule has 8 nitrogen and oxygen atoms in total. The molecule has 2 aliphatic heterocycles. The minimum absolute atomic E-state index is 0.0457. The van der Waals surface area contributed by atoms with Crippen LogP contribution in [0.2, 0.25) is 0 Å². The predicted molar refractivity (Wildman–Crippen MR) is 151 cm³/mol. The molecule has 3 aromatic carbocycles. The van der Waals surface area contributed by atoms with Crippen LogP contribution in [0, 0.1) is 0 Å². The van der Waals surface area contributed by atoms with Gasteiger partial charge in [0.15, 0.2) is 5.69 Å². The minimum Gasteiger partial charge on any atom is -0.396 e. The van der Waals surface area contributed by atoms with Crippen LogP contribution < -0.4 is 11.3 Å². The second-order valence-corrected chi connectivity index (χ2v) is 10.6. The summed E-state index contributed by atoms with van der Waals surface area (Å²) in [6, 6.07) is 17.7. The lowest BCUT2D eigenvalue weighted by molar-refractivity contribution is 0.0709. The molecule has 0 bridgehead atoms. The lowest BCUT2D eigenvalue weighted by atomic mass is 10.1. The molecule has 4 heterocycles. The Labute approximate surface area is 219 Å². The molecule has 2 fully saturated rings. The van der Waals surface area contributed by atoms with Crippen molar-refractivity contribution in [2.45, 2.75) is 31.7 Å². The number of nitrogen functional groups attached to an aromatic ring is 1. The van der Waals surface area contributed by atoms with E-state index in [1.807, 2.05) is 59.5 Å². The van der Waals surface area contributed by atoms with E-state index >= 15 is 0 Å². The second-order valence-electron chi connectivity index (χ2n) is 10.6. The molecule has 1 atom stereocenters. The zero-order valence-corrected chi connectivity index (χ0v) is 21.2. The molecule has 2 aliphatic rings. The summed E-state index contributed by atoms with van der Waals surface area (Å²) in [4.78, 5) is 42.1. The first-order valence-corrected chi connectivity index (χ1v) is 13.4. The number of aromatic amines is 2. The van der Waals surface area contributed by atoms with Gasteiger partial charge in [-0.1, -0.05) is 24.3 Å². The van der Waals surface area contributed by atoms with E-state index < -0.39 is 0 Å². The number of aromatic nitrogens is 3. The van der Waals surface area contributed by atoms with E-state index in [2.05, 4.69) is 14.9 Å². The lowest BCUT2D eigenvalue weighted by Gasteiger charge is -2.28. The molecule has 8 heteroatoms. The number of nitrogens with zero attached hydrogens (tertiary/aromatic N) is 3. The first kappa shape index (κ1) is 23.0. The Morgan fingerprint density at radius 2 is 1.74 bits per heavy atom. The van der Waals surface area contributed by atoms with Crippen molar-refractivity contribution in [2.75, 3.05) is 31.9 Å². The quantitative estimate of drug-likeness (QED) is 0.311. The third kappa shape index (κ3) is 3.83. The van der Waals surface area contributed by atoms with E-state index in [1.165, 1.54) is 12.8 Å². The van der Waals surface area contributed by atoms with Gasteiger partial charge in [-0.25, -0.2) is 4.98 Å². The summed E-state index contributed by atoms with van der Waals surface area (Å²) < 4.78 is 0. The van der Waals surface area contributed by atoms with Crippen LogP contribution >= 0.6 is 0 Å². The van der Waals surface area contributed by atoms with Gasteiger partial charge in [-0.15, -0.1) is 0 Å². The molecular weight excluding hydrogens is 476 g/mol. The largest absolute Gasteiger partial charge is 0.396 e. The molecule has 0 saturated carbocycles. The number of hydrogen-bond acceptors (Lipinski definition) is 5. The summed E-state index contributed by atoms with van der Waals surface area (Å²) in [7, 11) is 0. The van der Waals surface area contributed by atoms with Crippen molar-refractivity contribution in [1.82, 2.24) is 24.8 Å². The van der Waals surface area contributed by atoms with Crippen LogP contribution in [0.4, 0.5) is 5.69 Å². The molecule has 4 N–H and O–H groups in total. The maximum atomic E-state index is 13.6. The van der Waals surface area contributed by atoms with Crippen molar-refractivity contribution in [1.29, 1.82) is 0 Å². The van der Waals surface area contributed by atoms with Crippen molar-refractivity contribution in [3.05, 3.63) is 70.5 Å². The van der Waals surface area contributed by atoms with Gasteiger partial charge >= 0.3 is 0 Å². The van der Waals surface area contributed by atoms with Crippen LogP contribution in [0.3, 0.4) is 0 Å². The number of H-pyrrole nitrogens is 2. The number of carbonyl (C=O) groups excluding carboxylic acids is 1. The molecule has 0 radical (unpaired) electrons. The van der Waals surface area contributed by atoms with Gasteiger partial charge in [0.1, 0.15) is 0 Å². The number of fused-ring (bicyclic) bond motifs is 3. The number of nitrogens with one attached hydrogen (secondary N) is 2. The van der Waals surface area contributed by atoms with Gasteiger partial charge in [0.05, 0.1) is 22.4 Å². The van der Waals surface area contributed by atoms with Gasteiger partial charge in [0, 0.05) is 35.6 Å². The van der Waals surface area contributed by atoms with Crippen molar-refractivity contribution in [2.24, 2.45) is 0 Å². The van der Waals surface area contributed by atoms with Crippen LogP contribution in [-0.2, 0) is 0 Å². The number of hydrogen-bond donors (Lipinski definition) is 3. The molecule has 0 unspecified atom stereocenters. The topological polar surface area (TPSA) is 111 Å². The maximum absolute atomic E-state index is 13.6. The van der Waals surface area contributed by atoms with Gasteiger partial charge in [-0.05, 0) is 79.9 Å². The molecule has 0 spiro atoms. The van der Waals surface area contributed by atoms with E-state index in [4.69, 9.17) is 10.7 Å². The van der Waals surface area contributed by atoms with E-state index in [0.29, 0.717) is 28.0 Å². The Morgan fingerprint density at radius 3 is 2.55 bits per heavy atom. The number of carbonyl (C=O) groups is 1. The molecular formula is C30H30N6O2. The summed E-state index contributed by atoms with van der Waals surface area (Å²) in [6.07, 6.45) is 4.58. The van der Waals surface area contributed by atoms with Crippen LogP contribution in [0.25, 0.3) is 44.1 Å². The van der Waals surface area contributed by atoms with Crippen LogP contribution in [0.1, 0.15) is 36.0 Å². The molecule has 5 aromatic rings. The van der Waals surface area contributed by atoms with Crippen molar-refractivity contribution in [3.8, 4) is 11.4 Å². The van der Waals surface area contributed by atoms with Gasteiger partial charge in [-0.3, -0.25) is 9.59 Å². The highest BCUT2D eigenvalue weighted by atomic mass is 16.2. The average molecular weight is 507 g/mol. The fourth-order valence-electron chi connectivity index (χ4n) is 6.20. The zero-order valence-electron chi connectivity index (χ0n) is 21.2. The number of rotatable bonds is 4. The van der Waals surface area contributed by atoms with E-state index in [0.717, 1.165) is 60.7 Å². The Bertz CT molecular complexity index is 1760. The minimum atomic E-state index is -0.316. The first-order chi connectivity index (χ1) is 18.5. The van der Waals surface area contributed by atoms with Crippen molar-refractivity contribution in [3.63, 3.8) is 0 Å². The summed E-state index contributed by atoms with van der Waals surface area (Å²) in [6.45, 7) is 4.00. The summed E-state index contributed by atoms with van der Waals surface area (Å²) in [5, 5.41) is 2.80. The van der Waals surface area contributed by atoms with Gasteiger partial charge in [0.25, 0.3) is 11.5 Å². The molecule has 2 saturated heterocycles. The number of benzene rings is 3. The third-order valence-corrected chi connectivity index (χ3v) is 8.19. The number of amides is 1.